The van der Waals surface area contributed by atoms with E-state index in [-0.39, 0.29) is 5.41 Å². The Morgan fingerprint density at radius 3 is 1.85 bits per heavy atom. The smallest absolute Gasteiger partial charge is 0.167 e. The van der Waals surface area contributed by atoms with E-state index in [4.69, 9.17) is 19.4 Å². The molecule has 60 heavy (non-hydrogen) atoms. The fourth-order valence-electron chi connectivity index (χ4n) is 9.49. The number of rotatable bonds is 5. The molecule has 12 rings (SSSR count). The van der Waals surface area contributed by atoms with Crippen LogP contribution in [0.2, 0.25) is 0 Å². The van der Waals surface area contributed by atoms with Gasteiger partial charge in [-0.15, -0.1) is 0 Å². The SMILES string of the molecule is CC1(C)c2ccccc2N(c2ccccc2)c2ccc3c(c21)c1ccccc1n3-c1ccc2oc3c(-c4nc(-c5ccccc5)nc(-c5ccccc5)n4)cccc3c2c1. The molecule has 0 atom stereocenters. The number of furan rings is 1. The van der Waals surface area contributed by atoms with Gasteiger partial charge in [0.05, 0.1) is 28.0 Å². The van der Waals surface area contributed by atoms with Gasteiger partial charge in [-0.25, -0.2) is 15.0 Å². The van der Waals surface area contributed by atoms with Gasteiger partial charge in [0, 0.05) is 49.5 Å². The van der Waals surface area contributed by atoms with Crippen molar-refractivity contribution in [3.05, 3.63) is 199 Å². The van der Waals surface area contributed by atoms with Crippen LogP contribution >= 0.6 is 0 Å². The van der Waals surface area contributed by atoms with Crippen LogP contribution in [0.15, 0.2) is 192 Å². The second kappa shape index (κ2) is 13.1. The molecule has 0 fully saturated rings. The Hall–Kier alpha value is -7.83. The van der Waals surface area contributed by atoms with Crippen molar-refractivity contribution in [2.45, 2.75) is 19.3 Å². The monoisotopic (exact) mass is 771 g/mol. The van der Waals surface area contributed by atoms with E-state index in [1.165, 1.54) is 33.3 Å². The summed E-state index contributed by atoms with van der Waals surface area (Å²) in [6.45, 7) is 4.75. The van der Waals surface area contributed by atoms with Crippen LogP contribution < -0.4 is 4.90 Å². The Morgan fingerprint density at radius 1 is 0.467 bits per heavy atom. The molecule has 0 radical (unpaired) electrons. The average molecular weight is 772 g/mol. The maximum Gasteiger partial charge on any atom is 0.167 e. The van der Waals surface area contributed by atoms with Gasteiger partial charge in [0.1, 0.15) is 11.2 Å². The second-order valence-corrected chi connectivity index (χ2v) is 16.0. The van der Waals surface area contributed by atoms with Gasteiger partial charge in [-0.3, -0.25) is 0 Å². The molecule has 6 heteroatoms. The molecule has 1 aliphatic rings. The van der Waals surface area contributed by atoms with Crippen molar-refractivity contribution in [1.29, 1.82) is 0 Å². The van der Waals surface area contributed by atoms with Crippen LogP contribution in [0.5, 0.6) is 0 Å². The normalized spacial score (nSPS) is 13.3. The van der Waals surface area contributed by atoms with Crippen molar-refractivity contribution in [3.8, 4) is 39.9 Å². The minimum Gasteiger partial charge on any atom is -0.455 e. The van der Waals surface area contributed by atoms with Crippen LogP contribution in [-0.4, -0.2) is 19.5 Å². The Labute approximate surface area is 346 Å². The van der Waals surface area contributed by atoms with Gasteiger partial charge < -0.3 is 13.9 Å². The molecule has 0 amide bonds. The van der Waals surface area contributed by atoms with E-state index in [0.29, 0.717) is 17.5 Å². The summed E-state index contributed by atoms with van der Waals surface area (Å²) < 4.78 is 9.17. The van der Waals surface area contributed by atoms with Crippen molar-refractivity contribution in [3.63, 3.8) is 0 Å². The van der Waals surface area contributed by atoms with E-state index >= 15 is 0 Å². The number of aromatic nitrogens is 4. The zero-order valence-corrected chi connectivity index (χ0v) is 33.0. The van der Waals surface area contributed by atoms with Crippen LogP contribution in [-0.2, 0) is 5.41 Å². The number of hydrogen-bond donors (Lipinski definition) is 0. The molecule has 1 aliphatic heterocycles. The number of fused-ring (bicyclic) bond motifs is 9. The van der Waals surface area contributed by atoms with Crippen LogP contribution in [0.25, 0.3) is 83.6 Å². The molecular formula is C54H37N5O. The molecule has 3 aromatic heterocycles. The van der Waals surface area contributed by atoms with Gasteiger partial charge in [-0.05, 0) is 71.8 Å². The highest BCUT2D eigenvalue weighted by Gasteiger charge is 2.39. The molecule has 8 aromatic carbocycles. The van der Waals surface area contributed by atoms with E-state index in [1.807, 2.05) is 66.7 Å². The highest BCUT2D eigenvalue weighted by Crippen LogP contribution is 2.55. The summed E-state index contributed by atoms with van der Waals surface area (Å²) in [6, 6.07) is 65.9. The molecule has 0 saturated carbocycles. The van der Waals surface area contributed by atoms with Crippen molar-refractivity contribution in [1.82, 2.24) is 19.5 Å². The minimum atomic E-state index is -0.275. The number of hydrogen-bond acceptors (Lipinski definition) is 5. The molecular weight excluding hydrogens is 735 g/mol. The topological polar surface area (TPSA) is 60.0 Å². The van der Waals surface area contributed by atoms with Gasteiger partial charge in [0.2, 0.25) is 0 Å². The first kappa shape index (κ1) is 34.2. The van der Waals surface area contributed by atoms with Crippen LogP contribution in [0.4, 0.5) is 17.1 Å². The van der Waals surface area contributed by atoms with Gasteiger partial charge in [0.25, 0.3) is 0 Å². The molecule has 0 spiro atoms. The zero-order chi connectivity index (χ0) is 40.0. The Balaban J connectivity index is 1.06. The summed E-state index contributed by atoms with van der Waals surface area (Å²) in [5.74, 6) is 1.79. The summed E-state index contributed by atoms with van der Waals surface area (Å²) in [5, 5.41) is 4.52. The van der Waals surface area contributed by atoms with E-state index in [1.54, 1.807) is 0 Å². The molecule has 0 bridgehead atoms. The van der Waals surface area contributed by atoms with Crippen molar-refractivity contribution in [2.75, 3.05) is 4.90 Å². The molecule has 284 valence electrons. The standard InChI is InChI=1S/C54H37N5O/c1-54(2)42-26-13-15-28-44(42)58(36-21-10-5-11-22-36)46-31-30-45-48(49(46)54)39-23-12-14-27-43(39)59(45)37-29-32-47-41(33-37)38-24-16-25-40(50(38)60-47)53-56-51(34-17-6-3-7-18-34)55-52(57-53)35-19-8-4-9-20-35/h3-33H,1-2H3. The molecule has 0 aliphatic carbocycles. The lowest BCUT2D eigenvalue weighted by Gasteiger charge is -2.42. The lowest BCUT2D eigenvalue weighted by Crippen LogP contribution is -2.30. The summed E-state index contributed by atoms with van der Waals surface area (Å²) in [6.07, 6.45) is 0. The van der Waals surface area contributed by atoms with Gasteiger partial charge in [-0.2, -0.15) is 0 Å². The fourth-order valence-corrected chi connectivity index (χ4v) is 9.49. The van der Waals surface area contributed by atoms with Crippen LogP contribution in [0, 0.1) is 0 Å². The summed E-state index contributed by atoms with van der Waals surface area (Å²) in [7, 11) is 0. The van der Waals surface area contributed by atoms with Crippen LogP contribution in [0.1, 0.15) is 25.0 Å². The lowest BCUT2D eigenvalue weighted by molar-refractivity contribution is 0.638. The first-order chi connectivity index (χ1) is 29.5. The maximum absolute atomic E-state index is 6.75. The molecule has 0 unspecified atom stereocenters. The number of nitrogens with zero attached hydrogens (tertiary/aromatic N) is 5. The Bertz CT molecular complexity index is 3400. The largest absolute Gasteiger partial charge is 0.455 e. The van der Waals surface area contributed by atoms with E-state index in [0.717, 1.165) is 61.0 Å². The average Bonchev–Trinajstić information content (AvgIpc) is 3.85. The highest BCUT2D eigenvalue weighted by molar-refractivity contribution is 6.15. The first-order valence-electron chi connectivity index (χ1n) is 20.4. The molecule has 0 N–H and O–H groups in total. The summed E-state index contributed by atoms with van der Waals surface area (Å²) >= 11 is 0. The highest BCUT2D eigenvalue weighted by atomic mass is 16.3. The third kappa shape index (κ3) is 5.10. The van der Waals surface area contributed by atoms with Crippen molar-refractivity contribution < 1.29 is 4.42 Å². The third-order valence-corrected chi connectivity index (χ3v) is 12.2. The maximum atomic E-state index is 6.75. The van der Waals surface area contributed by atoms with Crippen molar-refractivity contribution >= 4 is 60.8 Å². The number of para-hydroxylation sites is 4. The quantitative estimate of drug-likeness (QED) is 0.174. The lowest BCUT2D eigenvalue weighted by atomic mass is 9.72. The van der Waals surface area contributed by atoms with Gasteiger partial charge in [0.15, 0.2) is 17.5 Å². The van der Waals surface area contributed by atoms with Gasteiger partial charge in [-0.1, -0.05) is 141 Å². The Kier molecular flexibility index (Phi) is 7.47. The molecule has 4 heterocycles. The van der Waals surface area contributed by atoms with E-state index in [2.05, 4.69) is 145 Å². The van der Waals surface area contributed by atoms with Crippen molar-refractivity contribution in [2.24, 2.45) is 0 Å². The predicted octanol–water partition coefficient (Wildman–Crippen LogP) is 14.0. The molecule has 6 nitrogen and oxygen atoms in total. The molecule has 11 aromatic rings. The first-order valence-corrected chi connectivity index (χ1v) is 20.4. The third-order valence-electron chi connectivity index (χ3n) is 12.2. The van der Waals surface area contributed by atoms with Gasteiger partial charge >= 0.3 is 0 Å². The minimum absolute atomic E-state index is 0.275. The number of anilines is 3. The summed E-state index contributed by atoms with van der Waals surface area (Å²) in [5.41, 5.74) is 13.5. The molecule has 0 saturated heterocycles. The Morgan fingerprint density at radius 2 is 1.10 bits per heavy atom. The van der Waals surface area contributed by atoms with Crippen LogP contribution in [0.3, 0.4) is 0 Å². The fraction of sp³-hybridized carbons (Fsp3) is 0.0556. The van der Waals surface area contributed by atoms with E-state index < -0.39 is 0 Å². The van der Waals surface area contributed by atoms with E-state index in [9.17, 15) is 0 Å². The number of benzene rings is 8. The second-order valence-electron chi connectivity index (χ2n) is 16.0. The zero-order valence-electron chi connectivity index (χ0n) is 33.0. The predicted molar refractivity (Wildman–Crippen MR) is 245 cm³/mol. The summed E-state index contributed by atoms with van der Waals surface area (Å²) in [4.78, 5) is 17.4.